The number of aromatic nitrogens is 2. The molecule has 1 saturated heterocycles. The van der Waals surface area contributed by atoms with E-state index in [1.807, 2.05) is 94.7 Å². The first-order valence-corrected chi connectivity index (χ1v) is 15.5. The van der Waals surface area contributed by atoms with Gasteiger partial charge in [0.15, 0.2) is 0 Å². The van der Waals surface area contributed by atoms with Crippen LogP contribution in [0.5, 0.6) is 0 Å². The second-order valence-corrected chi connectivity index (χ2v) is 11.8. The van der Waals surface area contributed by atoms with Gasteiger partial charge in [-0.3, -0.25) is 9.59 Å². The summed E-state index contributed by atoms with van der Waals surface area (Å²) >= 11 is 0. The topological polar surface area (TPSA) is 66.4 Å². The third-order valence-electron chi connectivity index (χ3n) is 8.59. The summed E-state index contributed by atoms with van der Waals surface area (Å²) in [5, 5.41) is 1.67. The lowest BCUT2D eigenvalue weighted by molar-refractivity contribution is 0.0720. The van der Waals surface area contributed by atoms with E-state index in [-0.39, 0.29) is 11.8 Å². The summed E-state index contributed by atoms with van der Waals surface area (Å²) in [6, 6.07) is 35.8. The molecule has 0 N–H and O–H groups in total. The van der Waals surface area contributed by atoms with Crippen molar-refractivity contribution in [3.8, 4) is 22.5 Å². The minimum Gasteiger partial charge on any atom is -0.337 e. The van der Waals surface area contributed by atoms with Crippen molar-refractivity contribution in [3.63, 3.8) is 0 Å². The first-order valence-electron chi connectivity index (χ1n) is 15.5. The van der Waals surface area contributed by atoms with Gasteiger partial charge in [-0.25, -0.2) is 9.97 Å². The molecule has 0 aliphatic carbocycles. The molecule has 1 fully saturated rings. The van der Waals surface area contributed by atoms with E-state index < -0.39 is 0 Å². The van der Waals surface area contributed by atoms with Gasteiger partial charge in [-0.1, -0.05) is 83.9 Å². The second kappa shape index (κ2) is 12.0. The van der Waals surface area contributed by atoms with Gasteiger partial charge in [-0.05, 0) is 56.7 Å². The van der Waals surface area contributed by atoms with Crippen LogP contribution in [0, 0.1) is 13.8 Å². The van der Waals surface area contributed by atoms with Crippen molar-refractivity contribution in [1.82, 2.24) is 19.8 Å². The fourth-order valence-corrected chi connectivity index (χ4v) is 6.27. The highest BCUT2D eigenvalue weighted by Crippen LogP contribution is 2.29. The summed E-state index contributed by atoms with van der Waals surface area (Å²) in [5.74, 6) is -0.0687. The Hall–Kier alpha value is -5.36. The second-order valence-electron chi connectivity index (χ2n) is 11.8. The average Bonchev–Trinajstić information content (AvgIpc) is 3.33. The predicted octanol–water partition coefficient (Wildman–Crippen LogP) is 7.72. The molecule has 2 amide bonds. The fourth-order valence-electron chi connectivity index (χ4n) is 6.27. The molecule has 3 heterocycles. The minimum atomic E-state index is -0.0344. The highest BCUT2D eigenvalue weighted by atomic mass is 16.2. The smallest absolute Gasteiger partial charge is 0.254 e. The molecule has 45 heavy (non-hydrogen) atoms. The number of pyridine rings is 2. The van der Waals surface area contributed by atoms with Crippen LogP contribution in [0.3, 0.4) is 0 Å². The van der Waals surface area contributed by atoms with Gasteiger partial charge in [0.1, 0.15) is 0 Å². The SMILES string of the molecule is Cc1cccc(-c2cc(C(=O)N3CCCN(C(=O)c4cc(-c5cccc(C)c5)nc5ccccc45)CC3)c3ccccc3n2)c1. The summed E-state index contributed by atoms with van der Waals surface area (Å²) in [6.45, 7) is 6.16. The molecule has 2 aromatic heterocycles. The van der Waals surface area contributed by atoms with Crippen LogP contribution in [0.1, 0.15) is 38.3 Å². The van der Waals surface area contributed by atoms with Crippen molar-refractivity contribution < 1.29 is 9.59 Å². The number of rotatable bonds is 4. The van der Waals surface area contributed by atoms with Crippen LogP contribution in [0.15, 0.2) is 109 Å². The molecule has 0 unspecified atom stereocenters. The van der Waals surface area contributed by atoms with Gasteiger partial charge in [0.25, 0.3) is 11.8 Å². The molecule has 6 heteroatoms. The van der Waals surface area contributed by atoms with Gasteiger partial charge in [0.05, 0.1) is 33.5 Å². The number of hydrogen-bond acceptors (Lipinski definition) is 4. The molecule has 6 aromatic rings. The highest BCUT2D eigenvalue weighted by molar-refractivity contribution is 6.08. The lowest BCUT2D eigenvalue weighted by atomic mass is 10.0. The van der Waals surface area contributed by atoms with Crippen LogP contribution in [0.4, 0.5) is 0 Å². The van der Waals surface area contributed by atoms with Crippen LogP contribution >= 0.6 is 0 Å². The molecule has 0 bridgehead atoms. The Morgan fingerprint density at radius 2 is 0.978 bits per heavy atom. The van der Waals surface area contributed by atoms with Crippen molar-refractivity contribution in [2.24, 2.45) is 0 Å². The molecule has 1 aliphatic rings. The monoisotopic (exact) mass is 590 g/mol. The maximum absolute atomic E-state index is 14.2. The third-order valence-corrected chi connectivity index (χ3v) is 8.59. The Morgan fingerprint density at radius 3 is 1.42 bits per heavy atom. The number of fused-ring (bicyclic) bond motifs is 2. The van der Waals surface area contributed by atoms with E-state index in [0.29, 0.717) is 43.7 Å². The zero-order valence-corrected chi connectivity index (χ0v) is 25.5. The van der Waals surface area contributed by atoms with Gasteiger partial charge >= 0.3 is 0 Å². The highest BCUT2D eigenvalue weighted by Gasteiger charge is 2.26. The van der Waals surface area contributed by atoms with E-state index in [4.69, 9.17) is 9.97 Å². The van der Waals surface area contributed by atoms with Gasteiger partial charge < -0.3 is 9.80 Å². The summed E-state index contributed by atoms with van der Waals surface area (Å²) in [4.78, 5) is 41.9. The Balaban J connectivity index is 1.18. The standard InChI is InChI=1S/C39H34N4O2/c1-26-10-7-12-28(22-26)36-24-32(30-14-3-5-16-34(30)40-36)38(44)42-18-9-19-43(21-20-42)39(45)33-25-37(29-13-8-11-27(2)23-29)41-35-17-6-4-15-31(33)35/h3-8,10-17,22-25H,9,18-21H2,1-2H3. The van der Waals surface area contributed by atoms with E-state index in [1.54, 1.807) is 0 Å². The summed E-state index contributed by atoms with van der Waals surface area (Å²) in [5.41, 5.74) is 8.67. The molecule has 0 spiro atoms. The van der Waals surface area contributed by atoms with Crippen molar-refractivity contribution in [3.05, 3.63) is 131 Å². The fraction of sp³-hybridized carbons (Fsp3) is 0.179. The Bertz CT molecular complexity index is 1940. The van der Waals surface area contributed by atoms with Crippen molar-refractivity contribution >= 4 is 33.6 Å². The van der Waals surface area contributed by atoms with E-state index >= 15 is 0 Å². The minimum absolute atomic E-state index is 0.0344. The zero-order valence-electron chi connectivity index (χ0n) is 25.5. The molecular weight excluding hydrogens is 556 g/mol. The number of amides is 2. The van der Waals surface area contributed by atoms with E-state index in [0.717, 1.165) is 55.4 Å². The number of hydrogen-bond donors (Lipinski definition) is 0. The Kier molecular flexibility index (Phi) is 7.55. The Morgan fingerprint density at radius 1 is 0.533 bits per heavy atom. The van der Waals surface area contributed by atoms with Crippen molar-refractivity contribution in [2.75, 3.05) is 26.2 Å². The third kappa shape index (κ3) is 5.67. The van der Waals surface area contributed by atoms with E-state index in [1.165, 1.54) is 0 Å². The average molecular weight is 591 g/mol. The summed E-state index contributed by atoms with van der Waals surface area (Å²) in [6.07, 6.45) is 0.693. The molecule has 222 valence electrons. The number of aryl methyl sites for hydroxylation is 2. The zero-order chi connectivity index (χ0) is 30.9. The molecule has 7 rings (SSSR count). The first kappa shape index (κ1) is 28.4. The predicted molar refractivity (Wildman–Crippen MR) is 180 cm³/mol. The molecule has 6 nitrogen and oxygen atoms in total. The van der Waals surface area contributed by atoms with E-state index in [2.05, 4.69) is 38.1 Å². The van der Waals surface area contributed by atoms with Crippen LogP contribution in [-0.2, 0) is 0 Å². The quantitative estimate of drug-likeness (QED) is 0.211. The van der Waals surface area contributed by atoms with E-state index in [9.17, 15) is 9.59 Å². The maximum atomic E-state index is 14.2. The molecular formula is C39H34N4O2. The Labute approximate surface area is 263 Å². The molecule has 0 radical (unpaired) electrons. The molecule has 0 saturated carbocycles. The largest absolute Gasteiger partial charge is 0.337 e. The number of carbonyl (C=O) groups excluding carboxylic acids is 2. The number of carbonyl (C=O) groups is 2. The van der Waals surface area contributed by atoms with Crippen LogP contribution in [-0.4, -0.2) is 57.8 Å². The van der Waals surface area contributed by atoms with Gasteiger partial charge in [-0.15, -0.1) is 0 Å². The van der Waals surface area contributed by atoms with Gasteiger partial charge in [0.2, 0.25) is 0 Å². The number of para-hydroxylation sites is 2. The summed E-state index contributed by atoms with van der Waals surface area (Å²) < 4.78 is 0. The number of nitrogens with zero attached hydrogens (tertiary/aromatic N) is 4. The van der Waals surface area contributed by atoms with Crippen LogP contribution < -0.4 is 0 Å². The van der Waals surface area contributed by atoms with Crippen molar-refractivity contribution in [1.29, 1.82) is 0 Å². The lowest BCUT2D eigenvalue weighted by Gasteiger charge is -2.23. The normalized spacial score (nSPS) is 13.6. The van der Waals surface area contributed by atoms with Crippen LogP contribution in [0.2, 0.25) is 0 Å². The van der Waals surface area contributed by atoms with Crippen molar-refractivity contribution in [2.45, 2.75) is 20.3 Å². The number of benzene rings is 4. The summed E-state index contributed by atoms with van der Waals surface area (Å²) in [7, 11) is 0. The molecule has 1 aliphatic heterocycles. The van der Waals surface area contributed by atoms with Gasteiger partial charge in [0, 0.05) is 48.1 Å². The maximum Gasteiger partial charge on any atom is 0.254 e. The molecule has 0 atom stereocenters. The lowest BCUT2D eigenvalue weighted by Crippen LogP contribution is -2.37. The molecule has 4 aromatic carbocycles. The first-order chi connectivity index (χ1) is 21.9. The van der Waals surface area contributed by atoms with Gasteiger partial charge in [-0.2, -0.15) is 0 Å². The van der Waals surface area contributed by atoms with Crippen LogP contribution in [0.25, 0.3) is 44.3 Å².